The van der Waals surface area contributed by atoms with Crippen LogP contribution < -0.4 is 9.47 Å². The number of hydrogen-bond donors (Lipinski definition) is 0. The van der Waals surface area contributed by atoms with Gasteiger partial charge in [-0.05, 0) is 50.4 Å². The van der Waals surface area contributed by atoms with Gasteiger partial charge in [0.2, 0.25) is 0 Å². The molecule has 2 bridgehead atoms. The number of rotatable bonds is 1. The number of carbonyl (C=O) groups is 1. The zero-order chi connectivity index (χ0) is 18.5. The lowest BCUT2D eigenvalue weighted by Gasteiger charge is -2.57. The molecular formula is C18H21NO3. The van der Waals surface area contributed by atoms with Gasteiger partial charge >= 0.3 is 0 Å². The van der Waals surface area contributed by atoms with Crippen molar-refractivity contribution in [3.8, 4) is 11.5 Å². The quantitative estimate of drug-likeness (QED) is 0.795. The van der Waals surface area contributed by atoms with Gasteiger partial charge in [0.1, 0.15) is 0 Å². The fraction of sp³-hybridized carbons (Fsp3) is 0.611. The molecular weight excluding hydrogens is 278 g/mol. The van der Waals surface area contributed by atoms with Crippen LogP contribution in [0.3, 0.4) is 0 Å². The van der Waals surface area contributed by atoms with Crippen molar-refractivity contribution in [3.05, 3.63) is 23.3 Å². The summed E-state index contributed by atoms with van der Waals surface area (Å²) in [4.78, 5) is 15.0. The molecule has 2 aliphatic heterocycles. The molecule has 4 aliphatic rings. The highest BCUT2D eigenvalue weighted by molar-refractivity contribution is 5.89. The molecule has 5 rings (SSSR count). The van der Waals surface area contributed by atoms with Crippen molar-refractivity contribution in [2.75, 3.05) is 20.6 Å². The van der Waals surface area contributed by atoms with E-state index in [0.717, 1.165) is 17.7 Å². The second-order valence-corrected chi connectivity index (χ2v) is 6.94. The maximum absolute atomic E-state index is 12.8. The molecule has 1 saturated heterocycles. The van der Waals surface area contributed by atoms with Crippen LogP contribution in [0.4, 0.5) is 0 Å². The van der Waals surface area contributed by atoms with Crippen LogP contribution in [-0.2, 0) is 16.6 Å². The number of ether oxygens (including phenoxy) is 2. The first kappa shape index (κ1) is 9.56. The Balaban J connectivity index is 1.77. The minimum atomic E-state index is -2.59. The highest BCUT2D eigenvalue weighted by atomic mass is 16.5. The fourth-order valence-electron chi connectivity index (χ4n) is 5.23. The third-order valence-corrected chi connectivity index (χ3v) is 6.16. The summed E-state index contributed by atoms with van der Waals surface area (Å²) in [7, 11) is -0.543. The molecule has 0 amide bonds. The zero-order valence-corrected chi connectivity index (χ0v) is 12.5. The van der Waals surface area contributed by atoms with Gasteiger partial charge in [0.25, 0.3) is 0 Å². The highest BCUT2D eigenvalue weighted by Crippen LogP contribution is 2.62. The third-order valence-electron chi connectivity index (χ3n) is 6.16. The minimum absolute atomic E-state index is 0.0139. The first-order valence-corrected chi connectivity index (χ1v) is 7.92. The third kappa shape index (κ3) is 1.27. The van der Waals surface area contributed by atoms with E-state index in [1.54, 1.807) is 6.07 Å². The molecule has 2 aliphatic carbocycles. The molecule has 2 fully saturated rings. The van der Waals surface area contributed by atoms with Crippen molar-refractivity contribution in [1.82, 2.24) is 4.90 Å². The fourth-order valence-corrected chi connectivity index (χ4v) is 5.23. The van der Waals surface area contributed by atoms with Gasteiger partial charge in [0.05, 0.1) is 11.2 Å². The largest absolute Gasteiger partial charge is 0.493 e. The lowest BCUT2D eigenvalue weighted by atomic mass is 9.52. The van der Waals surface area contributed by atoms with Gasteiger partial charge in [-0.3, -0.25) is 4.79 Å². The summed E-state index contributed by atoms with van der Waals surface area (Å²) in [6.45, 7) is 0.793. The number of nitrogens with zero attached hydrogens (tertiary/aromatic N) is 1. The van der Waals surface area contributed by atoms with Crippen LogP contribution in [0, 0.1) is 5.89 Å². The number of likely N-dealkylation sites (tertiary alicyclic amines) is 1. The van der Waals surface area contributed by atoms with Crippen molar-refractivity contribution in [2.24, 2.45) is 5.89 Å². The van der Waals surface area contributed by atoms with Gasteiger partial charge in [-0.25, -0.2) is 0 Å². The number of Topliss-reactive ketones (excluding diaryl/α,β-unsaturated/α-hetero) is 1. The first-order valence-electron chi connectivity index (χ1n) is 9.92. The molecule has 116 valence electrons. The van der Waals surface area contributed by atoms with Crippen molar-refractivity contribution in [1.29, 1.82) is 0 Å². The number of hydrogen-bond acceptors (Lipinski definition) is 4. The monoisotopic (exact) mass is 303 g/mol. The van der Waals surface area contributed by atoms with Gasteiger partial charge in [-0.1, -0.05) is 6.07 Å². The second kappa shape index (κ2) is 4.05. The van der Waals surface area contributed by atoms with Crippen LogP contribution in [0.5, 0.6) is 11.5 Å². The Morgan fingerprint density at radius 1 is 1.55 bits per heavy atom. The molecule has 4 nitrogen and oxygen atoms in total. The second-order valence-electron chi connectivity index (χ2n) is 6.94. The summed E-state index contributed by atoms with van der Waals surface area (Å²) in [6, 6.07) is 3.55. The normalized spacial score (nSPS) is 45.0. The van der Waals surface area contributed by atoms with E-state index in [2.05, 4.69) is 4.90 Å². The molecule has 0 aromatic heterocycles. The van der Waals surface area contributed by atoms with Gasteiger partial charge < -0.3 is 14.4 Å². The molecule has 0 radical (unpaired) electrons. The maximum atomic E-state index is 12.8. The van der Waals surface area contributed by atoms with E-state index in [1.165, 1.54) is 0 Å². The molecule has 0 N–H and O–H groups in total. The maximum Gasteiger partial charge on any atom is 0.174 e. The number of carbonyl (C=O) groups excluding carboxylic acids is 1. The molecule has 1 unspecified atom stereocenters. The number of piperidine rings is 1. The van der Waals surface area contributed by atoms with Crippen molar-refractivity contribution in [3.63, 3.8) is 0 Å². The molecule has 2 heterocycles. The number of methoxy groups -OCH3 is 1. The Kier molecular flexibility index (Phi) is 1.76. The Hall–Kier alpha value is -1.55. The van der Waals surface area contributed by atoms with E-state index in [9.17, 15) is 6.17 Å². The van der Waals surface area contributed by atoms with Gasteiger partial charge in [-0.15, -0.1) is 0 Å². The SMILES string of the molecule is [2H]C([2H])([2H])Oc1ccc2c3c1OC1C(=O)CC[C@@]4([2H])[C@@H](C2)N(C)CC[C@]314. The van der Waals surface area contributed by atoms with Gasteiger partial charge in [0.15, 0.2) is 23.4 Å². The highest BCUT2D eigenvalue weighted by Gasteiger charge is 2.65. The van der Waals surface area contributed by atoms with Crippen molar-refractivity contribution < 1.29 is 19.8 Å². The predicted molar refractivity (Wildman–Crippen MR) is 81.6 cm³/mol. The van der Waals surface area contributed by atoms with Crippen molar-refractivity contribution in [2.45, 2.75) is 43.2 Å². The van der Waals surface area contributed by atoms with E-state index in [4.69, 9.17) is 13.6 Å². The molecule has 22 heavy (non-hydrogen) atoms. The van der Waals surface area contributed by atoms with Gasteiger partial charge in [-0.2, -0.15) is 0 Å². The van der Waals surface area contributed by atoms with Crippen LogP contribution in [0.15, 0.2) is 12.1 Å². The van der Waals surface area contributed by atoms with E-state index in [-0.39, 0.29) is 17.6 Å². The van der Waals surface area contributed by atoms with Crippen LogP contribution in [0.25, 0.3) is 0 Å². The summed E-state index contributed by atoms with van der Waals surface area (Å²) >= 11 is 0. The molecule has 1 saturated carbocycles. The predicted octanol–water partition coefficient (Wildman–Crippen LogP) is 1.93. The van der Waals surface area contributed by atoms with Crippen LogP contribution in [0.2, 0.25) is 0 Å². The van der Waals surface area contributed by atoms with Crippen LogP contribution in [0.1, 0.15) is 35.9 Å². The Bertz CT molecular complexity index is 825. The summed E-state index contributed by atoms with van der Waals surface area (Å²) in [5.41, 5.74) is 1.21. The van der Waals surface area contributed by atoms with E-state index < -0.39 is 24.5 Å². The van der Waals surface area contributed by atoms with Gasteiger partial charge in [0, 0.05) is 24.8 Å². The summed E-state index contributed by atoms with van der Waals surface area (Å²) in [5, 5.41) is 0. The zero-order valence-electron chi connectivity index (χ0n) is 16.5. The Morgan fingerprint density at radius 2 is 2.45 bits per heavy atom. The average Bonchev–Trinajstić information content (AvgIpc) is 2.90. The molecule has 4 heteroatoms. The Morgan fingerprint density at radius 3 is 3.32 bits per heavy atom. The minimum Gasteiger partial charge on any atom is -0.493 e. The summed E-state index contributed by atoms with van der Waals surface area (Å²) < 4.78 is 43.0. The van der Waals surface area contributed by atoms with Crippen molar-refractivity contribution >= 4 is 5.78 Å². The standard InChI is InChI=1S/C18H21NO3/c1-19-8-7-18-11-4-5-13(20)17(18)22-16-14(21-2)6-3-10(15(16)18)9-12(11)19/h3,6,11-12,17H,4-5,7-9H2,1-2H3/t11-,12+,17?,18-/m0/s1/i2D3,11D. The van der Waals surface area contributed by atoms with Crippen LogP contribution in [-0.4, -0.2) is 43.5 Å². The summed E-state index contributed by atoms with van der Waals surface area (Å²) in [6.07, 6.45) is 1.52. The first-order chi connectivity index (χ1) is 12.2. The molecule has 1 spiro atoms. The molecule has 1 aromatic rings. The number of ketones is 1. The van der Waals surface area contributed by atoms with E-state index in [0.29, 0.717) is 31.4 Å². The van der Waals surface area contributed by atoms with E-state index >= 15 is 0 Å². The average molecular weight is 303 g/mol. The topological polar surface area (TPSA) is 38.8 Å². The Labute approximate surface area is 136 Å². The van der Waals surface area contributed by atoms with E-state index in [1.807, 2.05) is 13.1 Å². The number of likely N-dealkylation sites (N-methyl/N-ethyl adjacent to an activating group) is 1. The lowest BCUT2D eigenvalue weighted by Crippen LogP contribution is -2.65. The van der Waals surface area contributed by atoms with Crippen LogP contribution >= 0.6 is 0 Å². The number of benzene rings is 1. The lowest BCUT2D eigenvalue weighted by molar-refractivity contribution is -0.138. The smallest absolute Gasteiger partial charge is 0.174 e. The molecule has 1 aromatic carbocycles. The molecule has 4 atom stereocenters. The summed E-state index contributed by atoms with van der Waals surface area (Å²) in [5.74, 6) is -0.270.